The lowest BCUT2D eigenvalue weighted by Gasteiger charge is -2.19. The molecule has 0 aliphatic rings. The highest BCUT2D eigenvalue weighted by Crippen LogP contribution is 2.11. The van der Waals surface area contributed by atoms with Crippen LogP contribution in [0.4, 0.5) is 0 Å². The fourth-order valence-electron chi connectivity index (χ4n) is 6.61. The number of aliphatic hydroxyl groups excluding tert-OH is 2. The van der Waals surface area contributed by atoms with Crippen LogP contribution in [0.1, 0.15) is 194 Å². The third-order valence-electron chi connectivity index (χ3n) is 10.5. The minimum atomic E-state index is -0.876. The number of hydrogen-bond acceptors (Lipinski definition) is 3. The zero-order valence-electron chi connectivity index (χ0n) is 41.0. The Labute approximate surface area is 395 Å². The zero-order valence-corrected chi connectivity index (χ0v) is 41.0. The Hall–Kier alpha value is -3.99. The van der Waals surface area contributed by atoms with Crippen molar-refractivity contribution in [3.63, 3.8) is 0 Å². The molecule has 358 valence electrons. The van der Waals surface area contributed by atoms with Crippen LogP contribution >= 0.6 is 0 Å². The lowest BCUT2D eigenvalue weighted by molar-refractivity contribution is -0.123. The lowest BCUT2D eigenvalue weighted by atomic mass is 10.1. The topological polar surface area (TPSA) is 69.6 Å². The van der Waals surface area contributed by atoms with Crippen LogP contribution in [-0.2, 0) is 4.79 Å². The van der Waals surface area contributed by atoms with Crippen LogP contribution < -0.4 is 5.32 Å². The van der Waals surface area contributed by atoms with Gasteiger partial charge >= 0.3 is 0 Å². The predicted molar refractivity (Wildman–Crippen MR) is 284 cm³/mol. The number of aliphatic hydroxyl groups is 2. The van der Waals surface area contributed by atoms with Crippen molar-refractivity contribution in [3.05, 3.63) is 158 Å². The lowest BCUT2D eigenvalue weighted by Crippen LogP contribution is -2.45. The maximum absolute atomic E-state index is 12.4. The second kappa shape index (κ2) is 53.3. The zero-order chi connectivity index (χ0) is 46.3. The monoisotopic (exact) mass is 878 g/mol. The second-order valence-electron chi connectivity index (χ2n) is 16.5. The minimum Gasteiger partial charge on any atom is -0.394 e. The molecule has 2 unspecified atom stereocenters. The Morgan fingerprint density at radius 1 is 0.391 bits per heavy atom. The summed E-state index contributed by atoms with van der Waals surface area (Å²) in [6, 6.07) is -0.655. The Morgan fingerprint density at radius 2 is 0.703 bits per heavy atom. The summed E-state index contributed by atoms with van der Waals surface area (Å²) < 4.78 is 0. The largest absolute Gasteiger partial charge is 0.394 e. The highest BCUT2D eigenvalue weighted by Gasteiger charge is 2.17. The molecular weight excluding hydrogens is 783 g/mol. The number of rotatable bonds is 44. The summed E-state index contributed by atoms with van der Waals surface area (Å²) in [6.07, 6.45) is 86.6. The first-order valence-corrected chi connectivity index (χ1v) is 25.7. The molecule has 0 rings (SSSR count). The van der Waals surface area contributed by atoms with Gasteiger partial charge in [-0.15, -0.1) is 0 Å². The maximum Gasteiger partial charge on any atom is 0.220 e. The van der Waals surface area contributed by atoms with Crippen LogP contribution in [0.3, 0.4) is 0 Å². The first-order valence-electron chi connectivity index (χ1n) is 25.7. The standard InChI is InChI=1S/C60H95NO3/c1-3-5-7-9-11-13-15-16-17-18-19-20-21-22-23-24-25-26-27-28-29-30-31-32-33-34-35-36-37-38-39-40-41-42-43-44-46-48-50-52-54-56-60(64)61-58(57-62)59(63)55-53-51-49-47-45-14-12-10-8-6-4-2/h5,7,11,13,16-17,19-20,22-23,25-26,28-29,31-32,34-35,37-38,40-41,45,47,53,55,58-59,62-63H,3-4,6,8-10,12,14-15,18,21,24,27,30,33,36,39,42-44,46,48-52,54,56-57H2,1-2H3,(H,61,64)/b7-5-,13-11-,17-16-,20-19-,23-22-,26-25-,29-28-,32-31-,35-34-,38-37-,41-40-,47-45+,55-53+. The van der Waals surface area contributed by atoms with Gasteiger partial charge in [-0.2, -0.15) is 0 Å². The van der Waals surface area contributed by atoms with Crippen molar-refractivity contribution in [2.75, 3.05) is 6.61 Å². The molecular formula is C60H95NO3. The SMILES string of the molecule is CC/C=C\C/C=C\C/C=C\C/C=C\C/C=C\C/C=C\C/C=C\C/C=C\C/C=C\C/C=C\C/C=C\CCCCCCCCCC(=O)NC(CO)C(O)/C=C/CC/C=C/CCCCCCC. The quantitative estimate of drug-likeness (QED) is 0.0422. The van der Waals surface area contributed by atoms with Crippen LogP contribution in [0.5, 0.6) is 0 Å². The Balaban J connectivity index is 3.69. The van der Waals surface area contributed by atoms with Crippen LogP contribution in [0.2, 0.25) is 0 Å². The molecule has 0 radical (unpaired) electrons. The van der Waals surface area contributed by atoms with Gasteiger partial charge in [-0.05, 0) is 116 Å². The first-order chi connectivity index (χ1) is 31.7. The van der Waals surface area contributed by atoms with Crippen molar-refractivity contribution in [1.82, 2.24) is 5.32 Å². The number of carbonyl (C=O) groups is 1. The van der Waals surface area contributed by atoms with E-state index in [0.29, 0.717) is 6.42 Å². The summed E-state index contributed by atoms with van der Waals surface area (Å²) in [6.45, 7) is 4.13. The van der Waals surface area contributed by atoms with Crippen molar-refractivity contribution in [1.29, 1.82) is 0 Å². The van der Waals surface area contributed by atoms with Gasteiger partial charge in [-0.1, -0.05) is 230 Å². The molecule has 4 heteroatoms. The van der Waals surface area contributed by atoms with E-state index in [0.717, 1.165) is 116 Å². The van der Waals surface area contributed by atoms with Gasteiger partial charge in [0.2, 0.25) is 5.91 Å². The molecule has 0 saturated carbocycles. The Kier molecular flexibility index (Phi) is 50.0. The van der Waals surface area contributed by atoms with Crippen molar-refractivity contribution in [3.8, 4) is 0 Å². The molecule has 0 aromatic heterocycles. The molecule has 0 bridgehead atoms. The van der Waals surface area contributed by atoms with Crippen molar-refractivity contribution in [2.45, 2.75) is 206 Å². The predicted octanol–water partition coefficient (Wildman–Crippen LogP) is 17.0. The smallest absolute Gasteiger partial charge is 0.220 e. The number of carbonyl (C=O) groups excluding carboxylic acids is 1. The summed E-state index contributed by atoms with van der Waals surface area (Å²) in [5.74, 6) is -0.0947. The van der Waals surface area contributed by atoms with E-state index in [-0.39, 0.29) is 12.5 Å². The molecule has 0 aliphatic heterocycles. The normalized spacial score (nSPS) is 14.2. The molecule has 1 amide bonds. The van der Waals surface area contributed by atoms with E-state index in [9.17, 15) is 15.0 Å². The summed E-state index contributed by atoms with van der Waals surface area (Å²) >= 11 is 0. The van der Waals surface area contributed by atoms with E-state index in [1.165, 1.54) is 57.8 Å². The van der Waals surface area contributed by atoms with Gasteiger partial charge in [0.05, 0.1) is 18.8 Å². The number of nitrogens with one attached hydrogen (secondary N) is 1. The summed E-state index contributed by atoms with van der Waals surface area (Å²) in [5, 5.41) is 22.9. The van der Waals surface area contributed by atoms with Crippen LogP contribution in [0.25, 0.3) is 0 Å². The minimum absolute atomic E-state index is 0.0947. The maximum atomic E-state index is 12.4. The van der Waals surface area contributed by atoms with Gasteiger partial charge in [0.1, 0.15) is 0 Å². The second-order valence-corrected chi connectivity index (χ2v) is 16.5. The summed E-state index contributed by atoms with van der Waals surface area (Å²) in [7, 11) is 0. The number of allylic oxidation sites excluding steroid dienone is 25. The van der Waals surface area contributed by atoms with Crippen molar-refractivity contribution >= 4 is 5.91 Å². The third kappa shape index (κ3) is 49.0. The van der Waals surface area contributed by atoms with Gasteiger partial charge in [-0.25, -0.2) is 0 Å². The van der Waals surface area contributed by atoms with E-state index < -0.39 is 12.1 Å². The molecule has 4 nitrogen and oxygen atoms in total. The molecule has 0 saturated heterocycles. The first kappa shape index (κ1) is 60.0. The molecule has 0 heterocycles. The van der Waals surface area contributed by atoms with Crippen molar-refractivity contribution in [2.24, 2.45) is 0 Å². The average Bonchev–Trinajstić information content (AvgIpc) is 3.30. The number of hydrogen-bond donors (Lipinski definition) is 3. The fourth-order valence-corrected chi connectivity index (χ4v) is 6.61. The van der Waals surface area contributed by atoms with Gasteiger partial charge in [-0.3, -0.25) is 4.79 Å². The van der Waals surface area contributed by atoms with Crippen LogP contribution in [0.15, 0.2) is 158 Å². The van der Waals surface area contributed by atoms with E-state index in [4.69, 9.17) is 0 Å². The summed E-state index contributed by atoms with van der Waals surface area (Å²) in [4.78, 5) is 12.4. The fraction of sp³-hybridized carbons (Fsp3) is 0.550. The molecule has 0 aromatic rings. The van der Waals surface area contributed by atoms with Crippen LogP contribution in [0, 0.1) is 0 Å². The Morgan fingerprint density at radius 3 is 1.09 bits per heavy atom. The molecule has 2 atom stereocenters. The van der Waals surface area contributed by atoms with Gasteiger partial charge in [0, 0.05) is 6.42 Å². The van der Waals surface area contributed by atoms with E-state index in [2.05, 4.69) is 165 Å². The van der Waals surface area contributed by atoms with Gasteiger partial charge in [0.25, 0.3) is 0 Å². The molecule has 64 heavy (non-hydrogen) atoms. The summed E-state index contributed by atoms with van der Waals surface area (Å²) in [5.41, 5.74) is 0. The third-order valence-corrected chi connectivity index (χ3v) is 10.5. The molecule has 0 aliphatic carbocycles. The van der Waals surface area contributed by atoms with Crippen LogP contribution in [-0.4, -0.2) is 34.9 Å². The molecule has 0 aromatic carbocycles. The Bertz CT molecular complexity index is 1410. The van der Waals surface area contributed by atoms with Gasteiger partial charge in [0.15, 0.2) is 0 Å². The van der Waals surface area contributed by atoms with Gasteiger partial charge < -0.3 is 15.5 Å². The average molecular weight is 878 g/mol. The molecule has 0 fully saturated rings. The number of amides is 1. The van der Waals surface area contributed by atoms with Crippen molar-refractivity contribution < 1.29 is 15.0 Å². The highest BCUT2D eigenvalue weighted by molar-refractivity contribution is 5.76. The number of unbranched alkanes of at least 4 members (excludes halogenated alkanes) is 13. The molecule has 0 spiro atoms. The van der Waals surface area contributed by atoms with E-state index >= 15 is 0 Å². The van der Waals surface area contributed by atoms with E-state index in [1.54, 1.807) is 6.08 Å². The van der Waals surface area contributed by atoms with E-state index in [1.807, 2.05) is 6.08 Å². The molecule has 3 N–H and O–H groups in total. The highest BCUT2D eigenvalue weighted by atomic mass is 16.3.